The summed E-state index contributed by atoms with van der Waals surface area (Å²) in [4.78, 5) is 20.4. The Hall–Kier alpha value is -2.09. The van der Waals surface area contributed by atoms with Gasteiger partial charge in [0.15, 0.2) is 5.82 Å². The van der Waals surface area contributed by atoms with Crippen LogP contribution in [0.1, 0.15) is 31.0 Å². The Bertz CT molecular complexity index is 748. The summed E-state index contributed by atoms with van der Waals surface area (Å²) in [6, 6.07) is 6.47. The third-order valence-corrected chi connectivity index (χ3v) is 4.42. The molecule has 0 unspecified atom stereocenters. The second kappa shape index (κ2) is 9.02. The van der Waals surface area contributed by atoms with Gasteiger partial charge in [-0.05, 0) is 31.5 Å². The molecule has 0 saturated carbocycles. The third-order valence-electron chi connectivity index (χ3n) is 3.50. The molecule has 1 N–H and O–H groups in total. The average molecular weight is 383 g/mol. The van der Waals surface area contributed by atoms with Gasteiger partial charge < -0.3 is 5.32 Å². The number of amides is 1. The van der Waals surface area contributed by atoms with E-state index >= 15 is 0 Å². The first kappa shape index (κ1) is 20.2. The maximum Gasteiger partial charge on any atom is 0.416 e. The van der Waals surface area contributed by atoms with Crippen LogP contribution in [-0.4, -0.2) is 28.2 Å². The number of carbonyl (C=O) groups excluding carboxylic acids is 1. The molecule has 1 aromatic carbocycles. The summed E-state index contributed by atoms with van der Waals surface area (Å²) in [5, 5.41) is 3.43. The van der Waals surface area contributed by atoms with Gasteiger partial charge in [-0.2, -0.15) is 13.2 Å². The first-order valence-corrected chi connectivity index (χ1v) is 9.21. The molecule has 4 nitrogen and oxygen atoms in total. The van der Waals surface area contributed by atoms with Gasteiger partial charge in [-0.1, -0.05) is 37.2 Å². The molecule has 0 bridgehead atoms. The van der Waals surface area contributed by atoms with E-state index in [0.29, 0.717) is 28.7 Å². The van der Waals surface area contributed by atoms with Crippen molar-refractivity contribution in [1.29, 1.82) is 0 Å². The van der Waals surface area contributed by atoms with Crippen molar-refractivity contribution < 1.29 is 18.0 Å². The number of nitrogens with one attached hydrogen (secondary N) is 1. The Kier molecular flexibility index (Phi) is 7.02. The number of carbonyl (C=O) groups is 1. The molecular weight excluding hydrogens is 363 g/mol. The Labute approximate surface area is 154 Å². The van der Waals surface area contributed by atoms with Gasteiger partial charge >= 0.3 is 6.18 Å². The van der Waals surface area contributed by atoms with Gasteiger partial charge in [-0.15, -0.1) is 0 Å². The lowest BCUT2D eigenvalue weighted by Gasteiger charge is -2.09. The normalized spacial score (nSPS) is 11.4. The molecule has 26 heavy (non-hydrogen) atoms. The zero-order chi connectivity index (χ0) is 19.2. The number of halogens is 3. The fraction of sp³-hybridized carbons (Fsp3) is 0.389. The second-order valence-electron chi connectivity index (χ2n) is 5.74. The molecular formula is C18H20F3N3OS. The lowest BCUT2D eigenvalue weighted by Crippen LogP contribution is -2.26. The van der Waals surface area contributed by atoms with Gasteiger partial charge in [0.25, 0.3) is 0 Å². The molecule has 0 saturated heterocycles. The molecule has 8 heteroatoms. The monoisotopic (exact) mass is 383 g/mol. The molecule has 0 aliphatic carbocycles. The first-order chi connectivity index (χ1) is 12.3. The predicted molar refractivity (Wildman–Crippen MR) is 95.8 cm³/mol. The molecule has 1 amide bonds. The lowest BCUT2D eigenvalue weighted by atomic mass is 10.1. The number of unbranched alkanes of at least 4 members (excludes halogenated alkanes) is 1. The van der Waals surface area contributed by atoms with Crippen molar-refractivity contribution in [2.45, 2.75) is 37.9 Å². The highest BCUT2D eigenvalue weighted by molar-refractivity contribution is 7.99. The summed E-state index contributed by atoms with van der Waals surface area (Å²) in [5.41, 5.74) is 0.465. The lowest BCUT2D eigenvalue weighted by molar-refractivity contribution is -0.137. The van der Waals surface area contributed by atoms with E-state index in [1.165, 1.54) is 23.9 Å². The van der Waals surface area contributed by atoms with Crippen LogP contribution in [-0.2, 0) is 11.0 Å². The largest absolute Gasteiger partial charge is 0.416 e. The Balaban J connectivity index is 2.08. The molecule has 2 aromatic rings. The van der Waals surface area contributed by atoms with Crippen LogP contribution in [0.5, 0.6) is 0 Å². The van der Waals surface area contributed by atoms with Crippen LogP contribution in [0, 0.1) is 6.92 Å². The van der Waals surface area contributed by atoms with E-state index in [2.05, 4.69) is 15.3 Å². The van der Waals surface area contributed by atoms with Crippen molar-refractivity contribution >= 4 is 17.7 Å². The molecule has 0 aliphatic heterocycles. The van der Waals surface area contributed by atoms with Gasteiger partial charge in [0.05, 0.1) is 11.3 Å². The maximum atomic E-state index is 12.7. The summed E-state index contributed by atoms with van der Waals surface area (Å²) in [7, 11) is 0. The Morgan fingerprint density at radius 2 is 1.88 bits per heavy atom. The van der Waals surface area contributed by atoms with Crippen molar-refractivity contribution in [1.82, 2.24) is 15.3 Å². The zero-order valence-electron chi connectivity index (χ0n) is 14.6. The standard InChI is InChI=1S/C18H20F3N3OS/c1-3-4-9-22-15(25)11-26-16-10-12(2)23-17(24-16)13-5-7-14(8-6-13)18(19,20)21/h5-8,10H,3-4,9,11H2,1-2H3,(H,22,25). The SMILES string of the molecule is CCCCNC(=O)CSc1cc(C)nc(-c2ccc(C(F)(F)F)cc2)n1. The Morgan fingerprint density at radius 3 is 2.50 bits per heavy atom. The van der Waals surface area contributed by atoms with Gasteiger partial charge in [-0.3, -0.25) is 4.79 Å². The van der Waals surface area contributed by atoms with Crippen molar-refractivity contribution in [2.24, 2.45) is 0 Å². The fourth-order valence-electron chi connectivity index (χ4n) is 2.15. The molecule has 0 aliphatic rings. The number of hydrogen-bond donors (Lipinski definition) is 1. The van der Waals surface area contributed by atoms with Crippen molar-refractivity contribution in [3.63, 3.8) is 0 Å². The molecule has 1 aromatic heterocycles. The van der Waals surface area contributed by atoms with E-state index in [-0.39, 0.29) is 11.7 Å². The second-order valence-corrected chi connectivity index (χ2v) is 6.73. The topological polar surface area (TPSA) is 54.9 Å². The number of benzene rings is 1. The van der Waals surface area contributed by atoms with Crippen LogP contribution in [0.4, 0.5) is 13.2 Å². The summed E-state index contributed by atoms with van der Waals surface area (Å²) in [6.07, 6.45) is -2.44. The van der Waals surface area contributed by atoms with Crippen LogP contribution in [0.15, 0.2) is 35.4 Å². The molecule has 0 atom stereocenters. The van der Waals surface area contributed by atoms with Gasteiger partial charge in [0.2, 0.25) is 5.91 Å². The minimum absolute atomic E-state index is 0.0733. The van der Waals surface area contributed by atoms with E-state index in [9.17, 15) is 18.0 Å². The highest BCUT2D eigenvalue weighted by atomic mass is 32.2. The third kappa shape index (κ3) is 6.01. The molecule has 1 heterocycles. The molecule has 0 fully saturated rings. The molecule has 0 spiro atoms. The fourth-order valence-corrected chi connectivity index (χ4v) is 2.93. The van der Waals surface area contributed by atoms with Crippen LogP contribution in [0.2, 0.25) is 0 Å². The molecule has 0 radical (unpaired) electrons. The molecule has 140 valence electrons. The maximum absolute atomic E-state index is 12.7. The van der Waals surface area contributed by atoms with Crippen LogP contribution in [0.25, 0.3) is 11.4 Å². The highest BCUT2D eigenvalue weighted by Crippen LogP contribution is 2.30. The summed E-state index contributed by atoms with van der Waals surface area (Å²) < 4.78 is 38.0. The number of hydrogen-bond acceptors (Lipinski definition) is 4. The van der Waals surface area contributed by atoms with E-state index in [1.54, 1.807) is 13.0 Å². The summed E-state index contributed by atoms with van der Waals surface area (Å²) in [6.45, 7) is 4.48. The predicted octanol–water partition coefficient (Wildman–Crippen LogP) is 4.48. The van der Waals surface area contributed by atoms with Crippen molar-refractivity contribution in [2.75, 3.05) is 12.3 Å². The van der Waals surface area contributed by atoms with E-state index in [1.807, 2.05) is 6.92 Å². The summed E-state index contributed by atoms with van der Waals surface area (Å²) in [5.74, 6) is 0.496. The van der Waals surface area contributed by atoms with Gasteiger partial charge in [0.1, 0.15) is 5.03 Å². The number of aryl methyl sites for hydroxylation is 1. The van der Waals surface area contributed by atoms with Crippen LogP contribution in [0.3, 0.4) is 0 Å². The van der Waals surface area contributed by atoms with E-state index < -0.39 is 11.7 Å². The highest BCUT2D eigenvalue weighted by Gasteiger charge is 2.30. The van der Waals surface area contributed by atoms with Crippen molar-refractivity contribution in [3.8, 4) is 11.4 Å². The van der Waals surface area contributed by atoms with Gasteiger partial charge in [-0.25, -0.2) is 9.97 Å². The molecule has 2 rings (SSSR count). The summed E-state index contributed by atoms with van der Waals surface area (Å²) >= 11 is 1.27. The Morgan fingerprint density at radius 1 is 1.19 bits per heavy atom. The van der Waals surface area contributed by atoms with E-state index in [4.69, 9.17) is 0 Å². The zero-order valence-corrected chi connectivity index (χ0v) is 15.4. The number of nitrogens with zero attached hydrogens (tertiary/aromatic N) is 2. The smallest absolute Gasteiger partial charge is 0.355 e. The minimum Gasteiger partial charge on any atom is -0.355 e. The average Bonchev–Trinajstić information content (AvgIpc) is 2.59. The van der Waals surface area contributed by atoms with E-state index in [0.717, 1.165) is 25.0 Å². The van der Waals surface area contributed by atoms with Crippen LogP contribution < -0.4 is 5.32 Å². The van der Waals surface area contributed by atoms with Gasteiger partial charge in [0, 0.05) is 17.8 Å². The minimum atomic E-state index is -4.38. The number of thioether (sulfide) groups is 1. The number of alkyl halides is 3. The van der Waals surface area contributed by atoms with Crippen LogP contribution >= 0.6 is 11.8 Å². The van der Waals surface area contributed by atoms with Crippen molar-refractivity contribution in [3.05, 3.63) is 41.6 Å². The first-order valence-electron chi connectivity index (χ1n) is 8.22. The number of rotatable bonds is 7. The number of aromatic nitrogens is 2. The quantitative estimate of drug-likeness (QED) is 0.435.